The third-order valence-corrected chi connectivity index (χ3v) is 3.95. The fourth-order valence-corrected chi connectivity index (χ4v) is 2.71. The molecular formula is C14H9F12N3O2. The Labute approximate surface area is 163 Å². The third kappa shape index (κ3) is 5.13. The van der Waals surface area contributed by atoms with Crippen LogP contribution in [-0.2, 0) is 17.1 Å². The summed E-state index contributed by atoms with van der Waals surface area (Å²) in [4.78, 5) is 2.32. The minimum Gasteiger partial charge on any atom is -0.371 e. The minimum atomic E-state index is -5.64. The standard InChI is InChI=1S/C14H9F12N3O2/c1-31-9(14(24,25)26)7-8(13(21,22)23)28-29(10(7)30)4-2-5(11(15,16)17)27-6(3-4)12(18,19)20/h2-3,7,9-10,30H,1H3. The number of hydrazone groups is 1. The van der Waals surface area contributed by atoms with Crippen LogP contribution >= 0.6 is 0 Å². The predicted octanol–water partition coefficient (Wildman–Crippen LogP) is 4.37. The molecule has 0 bridgehead atoms. The predicted molar refractivity (Wildman–Crippen MR) is 76.6 cm³/mol. The number of methoxy groups -OCH3 is 1. The van der Waals surface area contributed by atoms with Crippen molar-refractivity contribution in [1.82, 2.24) is 4.98 Å². The van der Waals surface area contributed by atoms with Gasteiger partial charge in [0, 0.05) is 7.11 Å². The van der Waals surface area contributed by atoms with Crippen LogP contribution in [0.2, 0.25) is 0 Å². The zero-order chi connectivity index (χ0) is 24.2. The number of halogens is 12. The molecule has 3 unspecified atom stereocenters. The fourth-order valence-electron chi connectivity index (χ4n) is 2.71. The van der Waals surface area contributed by atoms with Crippen LogP contribution in [0.25, 0.3) is 0 Å². The first kappa shape index (κ1) is 25.0. The van der Waals surface area contributed by atoms with Crippen molar-refractivity contribution in [2.45, 2.75) is 37.0 Å². The molecule has 1 aromatic rings. The molecular weight excluding hydrogens is 470 g/mol. The molecule has 2 heterocycles. The first-order chi connectivity index (χ1) is 13.8. The maximum absolute atomic E-state index is 13.2. The number of ether oxygens (including phenoxy) is 1. The van der Waals surface area contributed by atoms with E-state index in [2.05, 4.69) is 14.8 Å². The van der Waals surface area contributed by atoms with Gasteiger partial charge in [-0.1, -0.05) is 0 Å². The molecule has 1 aliphatic rings. The van der Waals surface area contributed by atoms with Crippen LogP contribution < -0.4 is 5.01 Å². The molecule has 0 saturated carbocycles. The van der Waals surface area contributed by atoms with Gasteiger partial charge in [0.15, 0.2) is 18.0 Å². The molecule has 31 heavy (non-hydrogen) atoms. The Bertz CT molecular complexity index is 811. The Hall–Kier alpha value is -2.30. The summed E-state index contributed by atoms with van der Waals surface area (Å²) in [6.45, 7) is 0. The summed E-state index contributed by atoms with van der Waals surface area (Å²) in [6.07, 6.45) is -28.5. The Morgan fingerprint density at radius 1 is 0.871 bits per heavy atom. The van der Waals surface area contributed by atoms with Crippen LogP contribution in [-0.4, -0.2) is 47.6 Å². The van der Waals surface area contributed by atoms with Crippen LogP contribution in [0.3, 0.4) is 0 Å². The van der Waals surface area contributed by atoms with Crippen molar-refractivity contribution in [1.29, 1.82) is 0 Å². The quantitative estimate of drug-likeness (QED) is 0.655. The average Bonchev–Trinajstić information content (AvgIpc) is 2.90. The van der Waals surface area contributed by atoms with Crippen molar-refractivity contribution in [2.24, 2.45) is 11.0 Å². The smallest absolute Gasteiger partial charge is 0.371 e. The number of pyridine rings is 1. The van der Waals surface area contributed by atoms with Crippen molar-refractivity contribution in [3.63, 3.8) is 0 Å². The third-order valence-electron chi connectivity index (χ3n) is 3.95. The van der Waals surface area contributed by atoms with Crippen LogP contribution in [0.4, 0.5) is 58.4 Å². The second-order valence-corrected chi connectivity index (χ2v) is 6.06. The molecule has 17 heteroatoms. The number of rotatable bonds is 3. The van der Waals surface area contributed by atoms with E-state index in [1.807, 2.05) is 0 Å². The number of nitrogens with zero attached hydrogens (tertiary/aromatic N) is 3. The van der Waals surface area contributed by atoms with Gasteiger partial charge in [0.05, 0.1) is 11.6 Å². The lowest BCUT2D eigenvalue weighted by atomic mass is 9.94. The van der Waals surface area contributed by atoms with E-state index < -0.39 is 70.8 Å². The summed E-state index contributed by atoms with van der Waals surface area (Å²) in [6, 6.07) is -0.401. The van der Waals surface area contributed by atoms with E-state index in [0.717, 1.165) is 0 Å². The molecule has 0 aliphatic carbocycles. The Kier molecular flexibility index (Phi) is 6.19. The van der Waals surface area contributed by atoms with Crippen molar-refractivity contribution in [2.75, 3.05) is 12.1 Å². The molecule has 1 aromatic heterocycles. The van der Waals surface area contributed by atoms with Crippen LogP contribution in [0.5, 0.6) is 0 Å². The van der Waals surface area contributed by atoms with Gasteiger partial charge in [0.2, 0.25) is 0 Å². The van der Waals surface area contributed by atoms with Gasteiger partial charge < -0.3 is 9.84 Å². The number of anilines is 1. The van der Waals surface area contributed by atoms with E-state index in [1.165, 1.54) is 0 Å². The van der Waals surface area contributed by atoms with E-state index in [9.17, 15) is 57.8 Å². The number of alkyl halides is 12. The number of aliphatic hydroxyl groups excluding tert-OH is 1. The van der Waals surface area contributed by atoms with Gasteiger partial charge in [-0.3, -0.25) is 0 Å². The number of hydrogen-bond acceptors (Lipinski definition) is 5. The van der Waals surface area contributed by atoms with Crippen molar-refractivity contribution in [3.8, 4) is 0 Å². The zero-order valence-corrected chi connectivity index (χ0v) is 14.6. The summed E-state index contributed by atoms with van der Waals surface area (Å²) >= 11 is 0. The highest BCUT2D eigenvalue weighted by atomic mass is 19.4. The molecule has 0 saturated heterocycles. The summed E-state index contributed by atoms with van der Waals surface area (Å²) in [7, 11) is 0.345. The van der Waals surface area contributed by atoms with Gasteiger partial charge in [0.25, 0.3) is 0 Å². The molecule has 0 amide bonds. The first-order valence-electron chi connectivity index (χ1n) is 7.67. The molecule has 0 radical (unpaired) electrons. The molecule has 176 valence electrons. The van der Waals surface area contributed by atoms with Crippen LogP contribution in [0.1, 0.15) is 11.4 Å². The maximum Gasteiger partial charge on any atom is 0.433 e. The lowest BCUT2D eigenvalue weighted by molar-refractivity contribution is -0.229. The zero-order valence-electron chi connectivity index (χ0n) is 14.6. The van der Waals surface area contributed by atoms with Gasteiger partial charge >= 0.3 is 24.7 Å². The lowest BCUT2D eigenvalue weighted by Crippen LogP contribution is -2.50. The highest BCUT2D eigenvalue weighted by molar-refractivity contribution is 5.95. The van der Waals surface area contributed by atoms with Gasteiger partial charge in [-0.05, 0) is 12.1 Å². The van der Waals surface area contributed by atoms with Gasteiger partial charge in [-0.2, -0.15) is 57.8 Å². The monoisotopic (exact) mass is 479 g/mol. The molecule has 3 atom stereocenters. The second-order valence-electron chi connectivity index (χ2n) is 6.06. The molecule has 1 N–H and O–H groups in total. The van der Waals surface area contributed by atoms with Crippen molar-refractivity contribution >= 4 is 11.4 Å². The van der Waals surface area contributed by atoms with Crippen molar-refractivity contribution in [3.05, 3.63) is 23.5 Å². The van der Waals surface area contributed by atoms with E-state index in [-0.39, 0.29) is 12.1 Å². The Morgan fingerprint density at radius 3 is 1.65 bits per heavy atom. The average molecular weight is 479 g/mol. The number of aromatic nitrogens is 1. The molecule has 1 aliphatic heterocycles. The normalized spacial score (nSPS) is 22.0. The highest BCUT2D eigenvalue weighted by Gasteiger charge is 2.60. The maximum atomic E-state index is 13.2. The number of aliphatic hydroxyl groups is 1. The van der Waals surface area contributed by atoms with Crippen LogP contribution in [0.15, 0.2) is 17.2 Å². The van der Waals surface area contributed by atoms with Gasteiger partial charge in [-0.15, -0.1) is 0 Å². The summed E-state index contributed by atoms with van der Waals surface area (Å²) in [5.74, 6) is -3.04. The minimum absolute atomic E-state index is 0.201. The topological polar surface area (TPSA) is 58.0 Å². The van der Waals surface area contributed by atoms with E-state index in [0.29, 0.717) is 7.11 Å². The summed E-state index contributed by atoms with van der Waals surface area (Å²) in [5.41, 5.74) is -8.20. The largest absolute Gasteiger partial charge is 0.433 e. The van der Waals surface area contributed by atoms with E-state index in [1.54, 1.807) is 0 Å². The molecule has 2 rings (SSSR count). The second kappa shape index (κ2) is 7.68. The molecule has 0 aromatic carbocycles. The van der Waals surface area contributed by atoms with Crippen LogP contribution in [0, 0.1) is 5.92 Å². The highest BCUT2D eigenvalue weighted by Crippen LogP contribution is 2.43. The SMILES string of the molecule is COC(C1C(C(F)(F)F)=NN(c2cc(C(F)(F)F)nc(C(F)(F)F)c2)C1O)C(F)(F)F. The summed E-state index contributed by atoms with van der Waals surface area (Å²) in [5, 5.41) is 12.3. The first-order valence-corrected chi connectivity index (χ1v) is 7.67. The molecule has 0 spiro atoms. The fraction of sp³-hybridized carbons (Fsp3) is 0.571. The van der Waals surface area contributed by atoms with Gasteiger partial charge in [-0.25, -0.2) is 9.99 Å². The number of hydrogen-bond donors (Lipinski definition) is 1. The van der Waals surface area contributed by atoms with E-state index >= 15 is 0 Å². The van der Waals surface area contributed by atoms with E-state index in [4.69, 9.17) is 0 Å². The molecule has 0 fully saturated rings. The Balaban J connectivity index is 2.69. The van der Waals surface area contributed by atoms with Gasteiger partial charge in [0.1, 0.15) is 11.4 Å². The Morgan fingerprint density at radius 2 is 1.32 bits per heavy atom. The lowest BCUT2D eigenvalue weighted by Gasteiger charge is -2.30. The van der Waals surface area contributed by atoms with Crippen molar-refractivity contribution < 1.29 is 62.5 Å². The molecule has 5 nitrogen and oxygen atoms in total. The summed E-state index contributed by atoms with van der Waals surface area (Å²) < 4.78 is 160.